The third-order valence-corrected chi connectivity index (χ3v) is 7.03. The Hall–Kier alpha value is -2.49. The molecule has 0 spiro atoms. The Labute approximate surface area is 179 Å². The molecule has 2 aliphatic carbocycles. The number of aliphatic hydroxyl groups excluding tert-OH is 1. The first-order valence-corrected chi connectivity index (χ1v) is 10.1. The number of fused-ring (bicyclic) bond motifs is 5. The van der Waals surface area contributed by atoms with Crippen LogP contribution < -0.4 is 0 Å². The van der Waals surface area contributed by atoms with Gasteiger partial charge in [-0.1, -0.05) is 12.7 Å². The van der Waals surface area contributed by atoms with Crippen molar-refractivity contribution in [3.63, 3.8) is 0 Å². The summed E-state index contributed by atoms with van der Waals surface area (Å²) in [6.07, 6.45) is -4.02. The van der Waals surface area contributed by atoms with Gasteiger partial charge >= 0.3 is 17.9 Å². The Morgan fingerprint density at radius 2 is 1.84 bits per heavy atom. The summed E-state index contributed by atoms with van der Waals surface area (Å²) in [5, 5.41) is 23.2. The van der Waals surface area contributed by atoms with Crippen molar-refractivity contribution in [2.75, 3.05) is 0 Å². The molecule has 0 unspecified atom stereocenters. The van der Waals surface area contributed by atoms with Crippen LogP contribution in [0.3, 0.4) is 0 Å². The summed E-state index contributed by atoms with van der Waals surface area (Å²) in [5.74, 6) is -3.10. The van der Waals surface area contributed by atoms with Crippen LogP contribution in [-0.2, 0) is 33.3 Å². The number of carbonyl (C=O) groups is 3. The van der Waals surface area contributed by atoms with E-state index in [1.54, 1.807) is 33.8 Å². The molecule has 2 heterocycles. The number of epoxide rings is 1. The quantitative estimate of drug-likeness (QED) is 0.214. The number of esters is 3. The summed E-state index contributed by atoms with van der Waals surface area (Å²) in [5.41, 5.74) is -2.34. The molecule has 2 aliphatic heterocycles. The van der Waals surface area contributed by atoms with Gasteiger partial charge in [0.2, 0.25) is 0 Å². The summed E-state index contributed by atoms with van der Waals surface area (Å²) in [6, 6.07) is 0. The summed E-state index contributed by atoms with van der Waals surface area (Å²) < 4.78 is 22.3. The van der Waals surface area contributed by atoms with Crippen LogP contribution in [0.4, 0.5) is 0 Å². The fourth-order valence-corrected chi connectivity index (χ4v) is 5.18. The van der Waals surface area contributed by atoms with Gasteiger partial charge in [0.15, 0.2) is 11.7 Å². The van der Waals surface area contributed by atoms with Gasteiger partial charge in [-0.3, -0.25) is 4.79 Å². The molecule has 8 atom stereocenters. The fraction of sp³-hybridized carbons (Fsp3) is 0.591. The summed E-state index contributed by atoms with van der Waals surface area (Å²) in [7, 11) is 0. The minimum Gasteiger partial charge on any atom is -0.455 e. The molecule has 0 aromatic rings. The maximum atomic E-state index is 12.5. The van der Waals surface area contributed by atoms with E-state index in [1.807, 2.05) is 0 Å². The van der Waals surface area contributed by atoms with Crippen molar-refractivity contribution in [3.8, 4) is 0 Å². The van der Waals surface area contributed by atoms with Crippen molar-refractivity contribution in [1.82, 2.24) is 0 Å². The zero-order valence-corrected chi connectivity index (χ0v) is 18.0. The van der Waals surface area contributed by atoms with E-state index in [9.17, 15) is 24.6 Å². The molecule has 1 saturated carbocycles. The highest BCUT2D eigenvalue weighted by Gasteiger charge is 2.83. The van der Waals surface area contributed by atoms with Crippen LogP contribution in [0.1, 0.15) is 34.6 Å². The number of ether oxygens (including phenoxy) is 4. The van der Waals surface area contributed by atoms with E-state index in [-0.39, 0.29) is 11.1 Å². The highest BCUT2D eigenvalue weighted by molar-refractivity contribution is 5.92. The molecular formula is C22H26O9. The zero-order valence-electron chi connectivity index (χ0n) is 18.0. The average molecular weight is 434 g/mol. The van der Waals surface area contributed by atoms with Gasteiger partial charge < -0.3 is 29.2 Å². The third kappa shape index (κ3) is 2.69. The van der Waals surface area contributed by atoms with Crippen LogP contribution in [-0.4, -0.2) is 69.8 Å². The monoisotopic (exact) mass is 434 g/mol. The van der Waals surface area contributed by atoms with E-state index in [2.05, 4.69) is 6.58 Å². The molecule has 0 aromatic carbocycles. The van der Waals surface area contributed by atoms with Crippen molar-refractivity contribution < 1.29 is 43.5 Å². The molecular weight excluding hydrogens is 408 g/mol. The predicted octanol–water partition coefficient (Wildman–Crippen LogP) is 0.487. The Kier molecular flexibility index (Phi) is 4.73. The van der Waals surface area contributed by atoms with Crippen molar-refractivity contribution in [3.05, 3.63) is 34.9 Å². The molecule has 0 amide bonds. The molecule has 9 nitrogen and oxygen atoms in total. The molecule has 0 radical (unpaired) electrons. The highest BCUT2D eigenvalue weighted by Crippen LogP contribution is 2.65. The van der Waals surface area contributed by atoms with Gasteiger partial charge in [-0.25, -0.2) is 9.59 Å². The molecule has 4 aliphatic rings. The summed E-state index contributed by atoms with van der Waals surface area (Å²) in [6.45, 7) is 11.4. The van der Waals surface area contributed by atoms with Crippen molar-refractivity contribution in [2.24, 2.45) is 5.92 Å². The van der Waals surface area contributed by atoms with Gasteiger partial charge in [0, 0.05) is 23.6 Å². The Morgan fingerprint density at radius 3 is 2.42 bits per heavy atom. The first-order chi connectivity index (χ1) is 14.4. The number of aliphatic hydroxyl groups is 2. The van der Waals surface area contributed by atoms with E-state index >= 15 is 0 Å². The van der Waals surface area contributed by atoms with Crippen LogP contribution in [0.5, 0.6) is 0 Å². The molecule has 0 bridgehead atoms. The van der Waals surface area contributed by atoms with Crippen LogP contribution in [0.25, 0.3) is 0 Å². The lowest BCUT2D eigenvalue weighted by Gasteiger charge is -2.38. The molecule has 2 N–H and O–H groups in total. The lowest BCUT2D eigenvalue weighted by molar-refractivity contribution is -0.164. The Morgan fingerprint density at radius 1 is 1.19 bits per heavy atom. The average Bonchev–Trinajstić information content (AvgIpc) is 3.27. The Balaban J connectivity index is 1.91. The van der Waals surface area contributed by atoms with Crippen LogP contribution >= 0.6 is 0 Å². The normalized spacial score (nSPS) is 43.5. The lowest BCUT2D eigenvalue weighted by Crippen LogP contribution is -2.56. The second-order valence-electron chi connectivity index (χ2n) is 8.70. The van der Waals surface area contributed by atoms with Gasteiger partial charge in [-0.15, -0.1) is 0 Å². The third-order valence-electron chi connectivity index (χ3n) is 7.03. The van der Waals surface area contributed by atoms with Gasteiger partial charge in [-0.05, 0) is 33.3 Å². The van der Waals surface area contributed by atoms with E-state index < -0.39 is 65.5 Å². The van der Waals surface area contributed by atoms with Crippen LogP contribution in [0, 0.1) is 5.92 Å². The second kappa shape index (κ2) is 6.75. The number of hydrogen-bond acceptors (Lipinski definition) is 9. The Bertz CT molecular complexity index is 962. The zero-order chi connectivity index (χ0) is 23.0. The number of allylic oxidation sites excluding steroid dienone is 1. The van der Waals surface area contributed by atoms with Crippen LogP contribution in [0.15, 0.2) is 34.9 Å². The molecule has 31 heavy (non-hydrogen) atoms. The van der Waals surface area contributed by atoms with Gasteiger partial charge in [0.05, 0.1) is 5.92 Å². The molecule has 3 fully saturated rings. The van der Waals surface area contributed by atoms with Gasteiger partial charge in [-0.2, -0.15) is 0 Å². The van der Waals surface area contributed by atoms with Crippen molar-refractivity contribution >= 4 is 17.9 Å². The van der Waals surface area contributed by atoms with E-state index in [1.165, 1.54) is 6.92 Å². The van der Waals surface area contributed by atoms with E-state index in [4.69, 9.17) is 18.9 Å². The number of carbonyl (C=O) groups excluding carboxylic acids is 3. The van der Waals surface area contributed by atoms with Gasteiger partial charge in [0.25, 0.3) is 0 Å². The van der Waals surface area contributed by atoms with Gasteiger partial charge in [0.1, 0.15) is 30.0 Å². The minimum absolute atomic E-state index is 0.0412. The molecule has 0 aromatic heterocycles. The molecule has 2 saturated heterocycles. The van der Waals surface area contributed by atoms with Crippen molar-refractivity contribution in [2.45, 2.75) is 76.3 Å². The molecule has 168 valence electrons. The topological polar surface area (TPSA) is 132 Å². The SMILES string of the molecule is C=C1C(=O)O[C@H]2[C@H]1[C@@H](O)[C@H](OC(=O)/C(C)=C\C)C(C)=C1[C@@H](OC(C)=O)[C@H]3O[C@@]3(C)[C@@]12O. The van der Waals surface area contributed by atoms with E-state index in [0.717, 1.165) is 0 Å². The minimum atomic E-state index is -1.92. The molecule has 4 rings (SSSR count). The lowest BCUT2D eigenvalue weighted by atomic mass is 9.76. The maximum absolute atomic E-state index is 12.5. The number of hydrogen-bond donors (Lipinski definition) is 2. The maximum Gasteiger partial charge on any atom is 0.334 e. The van der Waals surface area contributed by atoms with Crippen LogP contribution in [0.2, 0.25) is 0 Å². The first kappa shape index (κ1) is 21.7. The molecule has 9 heteroatoms. The van der Waals surface area contributed by atoms with Crippen molar-refractivity contribution in [1.29, 1.82) is 0 Å². The number of rotatable bonds is 3. The first-order valence-electron chi connectivity index (χ1n) is 10.1. The fourth-order valence-electron chi connectivity index (χ4n) is 5.18. The predicted molar refractivity (Wildman–Crippen MR) is 104 cm³/mol. The largest absolute Gasteiger partial charge is 0.455 e. The van der Waals surface area contributed by atoms with E-state index in [0.29, 0.717) is 11.1 Å². The smallest absolute Gasteiger partial charge is 0.334 e. The summed E-state index contributed by atoms with van der Waals surface area (Å²) in [4.78, 5) is 36.7. The second-order valence-corrected chi connectivity index (χ2v) is 8.70. The standard InChI is InChI=1S/C22H26O9/c1-7-8(2)19(25)29-15-10(4)13-16(28-11(5)23)18-21(6,31-18)22(13,27)17-12(14(15)24)9(3)20(26)30-17/h7,12,14-18,24,27H,3H2,1-2,4-6H3/b8-7-/t12-,14-,15-,16-,17+,18-,21-,22-/m1/s1. The highest BCUT2D eigenvalue weighted by atomic mass is 16.7. The summed E-state index contributed by atoms with van der Waals surface area (Å²) >= 11 is 0.